The van der Waals surface area contributed by atoms with Crippen molar-refractivity contribution in [1.29, 1.82) is 0 Å². The van der Waals surface area contributed by atoms with E-state index in [0.717, 1.165) is 12.2 Å². The molecule has 0 aliphatic carbocycles. The Morgan fingerprint density at radius 3 is 2.69 bits per heavy atom. The number of ether oxygens (including phenoxy) is 2. The minimum Gasteiger partial charge on any atom is -0.489 e. The summed E-state index contributed by atoms with van der Waals surface area (Å²) in [6.07, 6.45) is 2.86. The molecule has 0 spiro atoms. The molecule has 3 rings (SSSR count). The molecular weight excluding hydrogens is 436 g/mol. The van der Waals surface area contributed by atoms with Crippen molar-refractivity contribution in [3.05, 3.63) is 35.2 Å². The number of benzene rings is 1. The van der Waals surface area contributed by atoms with Crippen LogP contribution in [0.25, 0.3) is 0 Å². The van der Waals surface area contributed by atoms with Gasteiger partial charge < -0.3 is 25.4 Å². The van der Waals surface area contributed by atoms with Crippen LogP contribution >= 0.6 is 11.6 Å². The Hall–Kier alpha value is -2.95. The normalized spacial score (nSPS) is 15.8. The Labute approximate surface area is 191 Å². The van der Waals surface area contributed by atoms with Crippen LogP contribution in [0.2, 0.25) is 5.02 Å². The molecular formula is C21H27ClN6O4. The molecule has 11 heteroatoms. The minimum atomic E-state index is -0.543. The van der Waals surface area contributed by atoms with E-state index in [-0.39, 0.29) is 29.6 Å². The molecule has 1 unspecified atom stereocenters. The van der Waals surface area contributed by atoms with E-state index in [1.165, 1.54) is 12.3 Å². The third-order valence-corrected chi connectivity index (χ3v) is 4.86. The molecule has 0 bridgehead atoms. The van der Waals surface area contributed by atoms with Crippen LogP contribution in [0.1, 0.15) is 19.5 Å². The number of nitrogens with zero attached hydrogens (tertiary/aromatic N) is 2. The summed E-state index contributed by atoms with van der Waals surface area (Å²) in [6, 6.07) is 2.56. The van der Waals surface area contributed by atoms with E-state index in [0.29, 0.717) is 36.1 Å². The van der Waals surface area contributed by atoms with E-state index >= 15 is 0 Å². The lowest BCUT2D eigenvalue weighted by molar-refractivity contribution is -0.118. The van der Waals surface area contributed by atoms with Gasteiger partial charge in [0.1, 0.15) is 18.5 Å². The number of nitrogens with one attached hydrogen (secondary N) is 4. The third kappa shape index (κ3) is 6.78. The molecule has 2 aromatic rings. The summed E-state index contributed by atoms with van der Waals surface area (Å²) in [7, 11) is 0. The molecule has 172 valence electrons. The smallest absolute Gasteiger partial charge is 0.325 e. The maximum absolute atomic E-state index is 12.5. The van der Waals surface area contributed by atoms with Crippen LogP contribution in [0.4, 0.5) is 22.0 Å². The molecule has 1 atom stereocenters. The molecule has 10 nitrogen and oxygen atoms in total. The van der Waals surface area contributed by atoms with Crippen molar-refractivity contribution < 1.29 is 19.1 Å². The number of rotatable bonds is 7. The molecule has 32 heavy (non-hydrogen) atoms. The third-order valence-electron chi connectivity index (χ3n) is 4.55. The first kappa shape index (κ1) is 23.7. The van der Waals surface area contributed by atoms with Gasteiger partial charge in [0, 0.05) is 25.1 Å². The van der Waals surface area contributed by atoms with Crippen LogP contribution in [-0.4, -0.2) is 54.3 Å². The first-order chi connectivity index (χ1) is 15.3. The van der Waals surface area contributed by atoms with Crippen molar-refractivity contribution in [3.8, 4) is 5.75 Å². The molecule has 2 heterocycles. The summed E-state index contributed by atoms with van der Waals surface area (Å²) in [5.74, 6) is 0.224. The van der Waals surface area contributed by atoms with E-state index in [1.807, 2.05) is 0 Å². The number of hydrogen-bond acceptors (Lipinski definition) is 7. The maximum atomic E-state index is 12.5. The molecule has 1 aliphatic rings. The van der Waals surface area contributed by atoms with Gasteiger partial charge in [-0.3, -0.25) is 15.1 Å². The van der Waals surface area contributed by atoms with E-state index in [4.69, 9.17) is 21.1 Å². The topological polar surface area (TPSA) is 127 Å². The number of urea groups is 1. The SMILES string of the molecule is Cc1cnc(NC(=O)Nc2cc(Cl)c(NC(=O)C(C)C)cc2OCC2CNCCO2)cn1. The summed E-state index contributed by atoms with van der Waals surface area (Å²) < 4.78 is 11.6. The van der Waals surface area contributed by atoms with Gasteiger partial charge in [-0.05, 0) is 13.0 Å². The van der Waals surface area contributed by atoms with Crippen LogP contribution < -0.4 is 26.0 Å². The number of anilines is 3. The summed E-state index contributed by atoms with van der Waals surface area (Å²) in [6.45, 7) is 7.65. The van der Waals surface area contributed by atoms with Crippen molar-refractivity contribution >= 4 is 40.7 Å². The summed E-state index contributed by atoms with van der Waals surface area (Å²) in [5, 5.41) is 11.6. The highest BCUT2D eigenvalue weighted by atomic mass is 35.5. The van der Waals surface area contributed by atoms with Crippen molar-refractivity contribution in [3.63, 3.8) is 0 Å². The summed E-state index contributed by atoms with van der Waals surface area (Å²) in [4.78, 5) is 32.8. The molecule has 3 amide bonds. The fourth-order valence-electron chi connectivity index (χ4n) is 2.78. The highest BCUT2D eigenvalue weighted by molar-refractivity contribution is 6.34. The Kier molecular flexibility index (Phi) is 8.20. The molecule has 1 aromatic heterocycles. The van der Waals surface area contributed by atoms with Crippen molar-refractivity contribution in [2.75, 3.05) is 42.3 Å². The monoisotopic (exact) mass is 462 g/mol. The Morgan fingerprint density at radius 2 is 2.03 bits per heavy atom. The number of carbonyl (C=O) groups is 2. The highest BCUT2D eigenvalue weighted by Gasteiger charge is 2.19. The number of hydrogen-bond donors (Lipinski definition) is 4. The summed E-state index contributed by atoms with van der Waals surface area (Å²) >= 11 is 6.36. The molecule has 1 aliphatic heterocycles. The number of halogens is 1. The quantitative estimate of drug-likeness (QED) is 0.498. The second kappa shape index (κ2) is 11.1. The van der Waals surface area contributed by atoms with Gasteiger partial charge in [0.25, 0.3) is 0 Å². The Morgan fingerprint density at radius 1 is 1.22 bits per heavy atom. The van der Waals surface area contributed by atoms with Gasteiger partial charge in [0.05, 0.1) is 41.1 Å². The molecule has 0 radical (unpaired) electrons. The maximum Gasteiger partial charge on any atom is 0.325 e. The zero-order chi connectivity index (χ0) is 23.1. The molecule has 0 saturated carbocycles. The van der Waals surface area contributed by atoms with E-state index in [1.54, 1.807) is 33.0 Å². The van der Waals surface area contributed by atoms with Crippen LogP contribution in [0.3, 0.4) is 0 Å². The molecule has 4 N–H and O–H groups in total. The molecule has 1 fully saturated rings. The van der Waals surface area contributed by atoms with Gasteiger partial charge >= 0.3 is 6.03 Å². The first-order valence-corrected chi connectivity index (χ1v) is 10.7. The number of morpholine rings is 1. The van der Waals surface area contributed by atoms with Gasteiger partial charge in [-0.15, -0.1) is 0 Å². The Balaban J connectivity index is 1.77. The van der Waals surface area contributed by atoms with Crippen molar-refractivity contribution in [2.24, 2.45) is 5.92 Å². The predicted molar refractivity (Wildman–Crippen MR) is 122 cm³/mol. The lowest BCUT2D eigenvalue weighted by Gasteiger charge is -2.24. The van der Waals surface area contributed by atoms with E-state index < -0.39 is 6.03 Å². The van der Waals surface area contributed by atoms with Gasteiger partial charge in [-0.1, -0.05) is 25.4 Å². The fourth-order valence-corrected chi connectivity index (χ4v) is 2.99. The largest absolute Gasteiger partial charge is 0.489 e. The van der Waals surface area contributed by atoms with Crippen LogP contribution in [-0.2, 0) is 9.53 Å². The summed E-state index contributed by atoms with van der Waals surface area (Å²) in [5.41, 5.74) is 1.45. The molecule has 1 saturated heterocycles. The second-order valence-electron chi connectivity index (χ2n) is 7.60. The highest BCUT2D eigenvalue weighted by Crippen LogP contribution is 2.35. The average Bonchev–Trinajstić information content (AvgIpc) is 2.76. The van der Waals surface area contributed by atoms with Crippen LogP contribution in [0.15, 0.2) is 24.5 Å². The van der Waals surface area contributed by atoms with Crippen molar-refractivity contribution in [2.45, 2.75) is 26.9 Å². The minimum absolute atomic E-state index is 0.141. The first-order valence-electron chi connectivity index (χ1n) is 10.3. The lowest BCUT2D eigenvalue weighted by Crippen LogP contribution is -2.41. The number of amides is 3. The zero-order valence-electron chi connectivity index (χ0n) is 18.2. The van der Waals surface area contributed by atoms with Gasteiger partial charge in [0.2, 0.25) is 5.91 Å². The van der Waals surface area contributed by atoms with Crippen LogP contribution in [0.5, 0.6) is 5.75 Å². The standard InChI is InChI=1S/C21H27ClN6O4/c1-12(2)20(29)26-16-7-18(32-11-14-9-23-4-5-31-14)17(6-15(16)22)27-21(30)28-19-10-24-13(3)8-25-19/h6-8,10,12,14,23H,4-5,9,11H2,1-3H3,(H,26,29)(H2,25,27,28,30). The van der Waals surface area contributed by atoms with Crippen LogP contribution in [0, 0.1) is 12.8 Å². The average molecular weight is 463 g/mol. The molecule has 1 aromatic carbocycles. The second-order valence-corrected chi connectivity index (χ2v) is 8.01. The number of aromatic nitrogens is 2. The predicted octanol–water partition coefficient (Wildman–Crippen LogP) is 3.04. The van der Waals surface area contributed by atoms with Gasteiger partial charge in [-0.2, -0.15) is 0 Å². The number of carbonyl (C=O) groups excluding carboxylic acids is 2. The van der Waals surface area contributed by atoms with Crippen molar-refractivity contribution in [1.82, 2.24) is 15.3 Å². The van der Waals surface area contributed by atoms with E-state index in [9.17, 15) is 9.59 Å². The lowest BCUT2D eigenvalue weighted by atomic mass is 10.2. The van der Waals surface area contributed by atoms with E-state index in [2.05, 4.69) is 31.2 Å². The zero-order valence-corrected chi connectivity index (χ0v) is 19.0. The van der Waals surface area contributed by atoms with Gasteiger partial charge in [0.15, 0.2) is 5.82 Å². The Bertz CT molecular complexity index is 948. The number of aryl methyl sites for hydroxylation is 1. The fraction of sp³-hybridized carbons (Fsp3) is 0.429. The van der Waals surface area contributed by atoms with Gasteiger partial charge in [-0.25, -0.2) is 9.78 Å².